The van der Waals surface area contributed by atoms with Crippen LogP contribution in [0.3, 0.4) is 0 Å². The topological polar surface area (TPSA) is 0 Å². The highest BCUT2D eigenvalue weighted by Crippen LogP contribution is 2.32. The number of benzene rings is 2. The minimum Gasteiger partial charge on any atom is -0.207 e. The molecule has 0 radical (unpaired) electrons. The molecule has 0 fully saturated rings. The van der Waals surface area contributed by atoms with Crippen LogP contribution < -0.4 is 0 Å². The molecular formula is C14H10BrClF2. The fourth-order valence-electron chi connectivity index (χ4n) is 1.70. The van der Waals surface area contributed by atoms with Crippen molar-refractivity contribution in [3.8, 4) is 0 Å². The van der Waals surface area contributed by atoms with Crippen molar-refractivity contribution < 1.29 is 8.78 Å². The molecule has 1 atom stereocenters. The molecule has 0 saturated carbocycles. The van der Waals surface area contributed by atoms with Crippen molar-refractivity contribution in [3.63, 3.8) is 0 Å². The SMILES string of the molecule is Fc1ccc(CC(Cl)c2cccc(F)c2Br)cc1. The maximum atomic E-state index is 13.4. The second kappa shape index (κ2) is 5.81. The van der Waals surface area contributed by atoms with Crippen LogP contribution in [0, 0.1) is 11.6 Å². The summed E-state index contributed by atoms with van der Waals surface area (Å²) in [5.74, 6) is -0.617. The molecule has 94 valence electrons. The van der Waals surface area contributed by atoms with Crippen molar-refractivity contribution in [3.05, 3.63) is 69.7 Å². The van der Waals surface area contributed by atoms with Crippen LogP contribution in [0.4, 0.5) is 8.78 Å². The number of hydrogen-bond donors (Lipinski definition) is 0. The zero-order valence-electron chi connectivity index (χ0n) is 9.34. The summed E-state index contributed by atoms with van der Waals surface area (Å²) in [6, 6.07) is 10.9. The van der Waals surface area contributed by atoms with E-state index in [0.29, 0.717) is 16.5 Å². The molecule has 4 heteroatoms. The molecule has 2 aromatic rings. The van der Waals surface area contributed by atoms with E-state index in [4.69, 9.17) is 11.6 Å². The first-order valence-corrected chi connectivity index (χ1v) is 6.63. The van der Waals surface area contributed by atoms with Gasteiger partial charge in [-0.2, -0.15) is 0 Å². The van der Waals surface area contributed by atoms with E-state index < -0.39 is 0 Å². The van der Waals surface area contributed by atoms with Gasteiger partial charge in [-0.25, -0.2) is 8.78 Å². The first-order chi connectivity index (χ1) is 8.58. The molecule has 2 rings (SSSR count). The standard InChI is InChI=1S/C14H10BrClF2/c15-14-11(2-1-3-13(14)18)12(16)8-9-4-6-10(17)7-5-9/h1-7,12H,8H2. The van der Waals surface area contributed by atoms with E-state index in [2.05, 4.69) is 15.9 Å². The van der Waals surface area contributed by atoms with Gasteiger partial charge in [-0.15, -0.1) is 11.6 Å². The van der Waals surface area contributed by atoms with Gasteiger partial charge in [-0.05, 0) is 51.7 Å². The first kappa shape index (κ1) is 13.5. The molecule has 0 aliphatic carbocycles. The van der Waals surface area contributed by atoms with Crippen LogP contribution in [0.2, 0.25) is 0 Å². The summed E-state index contributed by atoms with van der Waals surface area (Å²) in [6.07, 6.45) is 0.518. The van der Waals surface area contributed by atoms with Gasteiger partial charge in [0.1, 0.15) is 11.6 Å². The summed E-state index contributed by atoms with van der Waals surface area (Å²) in [7, 11) is 0. The zero-order valence-corrected chi connectivity index (χ0v) is 11.7. The average Bonchev–Trinajstić information content (AvgIpc) is 2.35. The van der Waals surface area contributed by atoms with Crippen LogP contribution in [0.5, 0.6) is 0 Å². The van der Waals surface area contributed by atoms with Gasteiger partial charge in [0.05, 0.1) is 9.85 Å². The molecular weight excluding hydrogens is 322 g/mol. The van der Waals surface area contributed by atoms with E-state index in [1.54, 1.807) is 24.3 Å². The van der Waals surface area contributed by atoms with E-state index in [1.165, 1.54) is 18.2 Å². The monoisotopic (exact) mass is 330 g/mol. The molecule has 0 aromatic heterocycles. The average molecular weight is 332 g/mol. The molecule has 0 spiro atoms. The van der Waals surface area contributed by atoms with Gasteiger partial charge in [-0.1, -0.05) is 24.3 Å². The lowest BCUT2D eigenvalue weighted by Crippen LogP contribution is -1.98. The maximum Gasteiger partial charge on any atom is 0.137 e. The number of hydrogen-bond acceptors (Lipinski definition) is 0. The Hall–Kier alpha value is -0.930. The van der Waals surface area contributed by atoms with Gasteiger partial charge in [0.25, 0.3) is 0 Å². The Kier molecular flexibility index (Phi) is 4.36. The maximum absolute atomic E-state index is 13.4. The lowest BCUT2D eigenvalue weighted by molar-refractivity contribution is 0.617. The first-order valence-electron chi connectivity index (χ1n) is 5.40. The van der Waals surface area contributed by atoms with Gasteiger partial charge in [0.15, 0.2) is 0 Å². The third-order valence-electron chi connectivity index (χ3n) is 2.65. The molecule has 0 saturated heterocycles. The van der Waals surface area contributed by atoms with E-state index in [-0.39, 0.29) is 17.0 Å². The largest absolute Gasteiger partial charge is 0.207 e. The number of halogens is 4. The molecule has 0 amide bonds. The summed E-state index contributed by atoms with van der Waals surface area (Å²) >= 11 is 9.45. The van der Waals surface area contributed by atoms with Crippen molar-refractivity contribution >= 4 is 27.5 Å². The van der Waals surface area contributed by atoms with Crippen molar-refractivity contribution in [2.45, 2.75) is 11.8 Å². The van der Waals surface area contributed by atoms with Crippen molar-refractivity contribution in [1.29, 1.82) is 0 Å². The second-order valence-corrected chi connectivity index (χ2v) is 5.26. The molecule has 0 N–H and O–H groups in total. The zero-order chi connectivity index (χ0) is 13.1. The van der Waals surface area contributed by atoms with E-state index in [0.717, 1.165) is 5.56 Å². The molecule has 0 nitrogen and oxygen atoms in total. The Morgan fingerprint density at radius 2 is 1.72 bits per heavy atom. The van der Waals surface area contributed by atoms with Gasteiger partial charge in [0.2, 0.25) is 0 Å². The lowest BCUT2D eigenvalue weighted by atomic mass is 10.0. The summed E-state index contributed by atoms with van der Waals surface area (Å²) in [4.78, 5) is 0. The third kappa shape index (κ3) is 3.09. The van der Waals surface area contributed by atoms with Crippen molar-refractivity contribution in [1.82, 2.24) is 0 Å². The highest BCUT2D eigenvalue weighted by atomic mass is 79.9. The summed E-state index contributed by atoms with van der Waals surface area (Å²) < 4.78 is 26.5. The number of rotatable bonds is 3. The van der Waals surface area contributed by atoms with E-state index in [1.807, 2.05) is 0 Å². The lowest BCUT2D eigenvalue weighted by Gasteiger charge is -2.12. The molecule has 2 aromatic carbocycles. The molecule has 0 heterocycles. The Morgan fingerprint density at radius 1 is 1.06 bits per heavy atom. The normalized spacial score (nSPS) is 12.4. The van der Waals surface area contributed by atoms with Crippen LogP contribution in [-0.2, 0) is 6.42 Å². The van der Waals surface area contributed by atoms with Gasteiger partial charge < -0.3 is 0 Å². The van der Waals surface area contributed by atoms with Crippen molar-refractivity contribution in [2.75, 3.05) is 0 Å². The smallest absolute Gasteiger partial charge is 0.137 e. The van der Waals surface area contributed by atoms with E-state index in [9.17, 15) is 8.78 Å². The molecule has 0 aliphatic heterocycles. The van der Waals surface area contributed by atoms with Crippen LogP contribution in [0.15, 0.2) is 46.9 Å². The van der Waals surface area contributed by atoms with Gasteiger partial charge in [0, 0.05) is 0 Å². The minimum atomic E-state index is -0.361. The van der Waals surface area contributed by atoms with Crippen LogP contribution >= 0.6 is 27.5 Å². The molecule has 1 unspecified atom stereocenters. The fourth-order valence-corrected chi connectivity index (χ4v) is 2.73. The summed E-state index contributed by atoms with van der Waals surface area (Å²) in [5, 5.41) is -0.361. The molecule has 18 heavy (non-hydrogen) atoms. The molecule has 0 aliphatic rings. The second-order valence-electron chi connectivity index (χ2n) is 3.94. The predicted octanol–water partition coefficient (Wildman–Crippen LogP) is 5.25. The van der Waals surface area contributed by atoms with Crippen LogP contribution in [0.1, 0.15) is 16.5 Å². The predicted molar refractivity (Wildman–Crippen MR) is 72.8 cm³/mol. The van der Waals surface area contributed by atoms with Gasteiger partial charge >= 0.3 is 0 Å². The Labute approximate surface area is 118 Å². The van der Waals surface area contributed by atoms with Crippen LogP contribution in [-0.4, -0.2) is 0 Å². The minimum absolute atomic E-state index is 0.281. The van der Waals surface area contributed by atoms with Crippen molar-refractivity contribution in [2.24, 2.45) is 0 Å². The Balaban J connectivity index is 2.19. The number of alkyl halides is 1. The van der Waals surface area contributed by atoms with E-state index >= 15 is 0 Å². The summed E-state index contributed by atoms with van der Waals surface area (Å²) in [5.41, 5.74) is 1.61. The molecule has 0 bridgehead atoms. The highest BCUT2D eigenvalue weighted by molar-refractivity contribution is 9.10. The third-order valence-corrected chi connectivity index (χ3v) is 3.87. The van der Waals surface area contributed by atoms with Crippen LogP contribution in [0.25, 0.3) is 0 Å². The van der Waals surface area contributed by atoms with Gasteiger partial charge in [-0.3, -0.25) is 0 Å². The summed E-state index contributed by atoms with van der Waals surface area (Å²) in [6.45, 7) is 0. The highest BCUT2D eigenvalue weighted by Gasteiger charge is 2.14. The Bertz CT molecular complexity index is 540. The fraction of sp³-hybridized carbons (Fsp3) is 0.143. The quantitative estimate of drug-likeness (QED) is 0.674. The Morgan fingerprint density at radius 3 is 2.39 bits per heavy atom.